The van der Waals surface area contributed by atoms with Gasteiger partial charge in [-0.25, -0.2) is 0 Å². The maximum Gasteiger partial charge on any atom is 0.421 e. The Morgan fingerprint density at radius 3 is 2.70 bits per heavy atom. The van der Waals surface area contributed by atoms with Gasteiger partial charge in [0.05, 0.1) is 13.7 Å². The molecule has 2 aromatic rings. The van der Waals surface area contributed by atoms with Gasteiger partial charge in [-0.3, -0.25) is 0 Å². The van der Waals surface area contributed by atoms with E-state index in [0.717, 1.165) is 26.3 Å². The highest BCUT2D eigenvalue weighted by Crippen LogP contribution is 2.49. The summed E-state index contributed by atoms with van der Waals surface area (Å²) in [6, 6.07) is 13.8. The first-order valence-corrected chi connectivity index (χ1v) is 10.3. The summed E-state index contributed by atoms with van der Waals surface area (Å²) in [5, 5.41) is 7.12. The van der Waals surface area contributed by atoms with Gasteiger partial charge in [-0.1, -0.05) is 30.3 Å². The molecular weight excluding hydrogens is 393 g/mol. The highest BCUT2D eigenvalue weighted by molar-refractivity contribution is 5.47. The van der Waals surface area contributed by atoms with E-state index in [-0.39, 0.29) is 24.3 Å². The molecule has 0 aromatic heterocycles. The molecule has 4 rings (SSSR count). The second-order valence-corrected chi connectivity index (χ2v) is 8.11. The molecule has 2 N–H and O–H groups in total. The van der Waals surface area contributed by atoms with E-state index < -0.39 is 11.8 Å². The lowest BCUT2D eigenvalue weighted by molar-refractivity contribution is -0.272. The first kappa shape index (κ1) is 21.2. The van der Waals surface area contributed by atoms with Crippen molar-refractivity contribution in [2.45, 2.75) is 56.8 Å². The normalized spacial score (nSPS) is 26.4. The number of hydrogen-bond donors (Lipinski definition) is 2. The van der Waals surface area contributed by atoms with Crippen molar-refractivity contribution in [1.29, 1.82) is 0 Å². The smallest absolute Gasteiger partial charge is 0.421 e. The van der Waals surface area contributed by atoms with E-state index in [1.807, 2.05) is 18.2 Å². The Kier molecular flexibility index (Phi) is 5.79. The van der Waals surface area contributed by atoms with Crippen LogP contribution in [0.1, 0.15) is 48.1 Å². The van der Waals surface area contributed by atoms with Gasteiger partial charge in [0, 0.05) is 24.2 Å². The second kappa shape index (κ2) is 8.21. The lowest BCUT2D eigenvalue weighted by Gasteiger charge is -2.34. The number of methoxy groups -OCH3 is 1. The molecule has 0 aliphatic carbocycles. The van der Waals surface area contributed by atoms with Gasteiger partial charge >= 0.3 is 6.18 Å². The van der Waals surface area contributed by atoms with Crippen LogP contribution in [-0.4, -0.2) is 25.9 Å². The molecule has 4 nitrogen and oxygen atoms in total. The molecule has 30 heavy (non-hydrogen) atoms. The van der Waals surface area contributed by atoms with E-state index >= 15 is 0 Å². The van der Waals surface area contributed by atoms with Crippen molar-refractivity contribution in [3.05, 3.63) is 64.7 Å². The fourth-order valence-electron chi connectivity index (χ4n) is 4.45. The third kappa shape index (κ3) is 3.82. The Hall–Kier alpha value is -2.09. The van der Waals surface area contributed by atoms with Crippen LogP contribution >= 0.6 is 0 Å². The monoisotopic (exact) mass is 420 g/mol. The summed E-state index contributed by atoms with van der Waals surface area (Å²) >= 11 is 0. The van der Waals surface area contributed by atoms with Gasteiger partial charge < -0.3 is 20.1 Å². The zero-order valence-electron chi connectivity index (χ0n) is 17.2. The lowest BCUT2D eigenvalue weighted by atomic mass is 9.90. The minimum atomic E-state index is -4.48. The van der Waals surface area contributed by atoms with E-state index in [1.165, 1.54) is 5.56 Å². The largest absolute Gasteiger partial charge is 0.496 e. The van der Waals surface area contributed by atoms with Crippen LogP contribution in [0.15, 0.2) is 42.5 Å². The Labute approximate surface area is 174 Å². The third-order valence-electron chi connectivity index (χ3n) is 6.25. The maximum absolute atomic E-state index is 13.7. The summed E-state index contributed by atoms with van der Waals surface area (Å²) in [4.78, 5) is 0. The number of alkyl halides is 3. The average Bonchev–Trinajstić information content (AvgIpc) is 3.09. The summed E-state index contributed by atoms with van der Waals surface area (Å²) in [6.45, 7) is 2.39. The minimum Gasteiger partial charge on any atom is -0.496 e. The number of ether oxygens (including phenoxy) is 2. The predicted molar refractivity (Wildman–Crippen MR) is 108 cm³/mol. The van der Waals surface area contributed by atoms with Crippen molar-refractivity contribution >= 4 is 0 Å². The molecule has 0 radical (unpaired) electrons. The molecule has 2 aromatic carbocycles. The third-order valence-corrected chi connectivity index (χ3v) is 6.25. The van der Waals surface area contributed by atoms with Crippen molar-refractivity contribution in [2.75, 3.05) is 13.7 Å². The van der Waals surface area contributed by atoms with E-state index in [9.17, 15) is 13.2 Å². The second-order valence-electron chi connectivity index (χ2n) is 8.11. The molecule has 2 heterocycles. The van der Waals surface area contributed by atoms with Crippen LogP contribution in [0.4, 0.5) is 13.2 Å². The topological polar surface area (TPSA) is 42.5 Å². The fourth-order valence-corrected chi connectivity index (χ4v) is 4.45. The molecule has 3 atom stereocenters. The van der Waals surface area contributed by atoms with Crippen molar-refractivity contribution in [3.63, 3.8) is 0 Å². The molecule has 2 aliphatic heterocycles. The number of fused-ring (bicyclic) bond motifs is 1. The first-order valence-electron chi connectivity index (χ1n) is 10.3. The maximum atomic E-state index is 13.7. The van der Waals surface area contributed by atoms with Gasteiger partial charge in [0.15, 0.2) is 5.60 Å². The first-order chi connectivity index (χ1) is 14.3. The summed E-state index contributed by atoms with van der Waals surface area (Å²) in [5.41, 5.74) is 0.316. The quantitative estimate of drug-likeness (QED) is 0.743. The Morgan fingerprint density at radius 2 is 2.00 bits per heavy atom. The lowest BCUT2D eigenvalue weighted by Crippen LogP contribution is -2.45. The molecule has 7 heteroatoms. The van der Waals surface area contributed by atoms with Gasteiger partial charge in [0.2, 0.25) is 0 Å². The molecule has 0 amide bonds. The molecule has 0 saturated carbocycles. The van der Waals surface area contributed by atoms with Gasteiger partial charge in [-0.2, -0.15) is 13.2 Å². The van der Waals surface area contributed by atoms with Crippen molar-refractivity contribution in [3.8, 4) is 5.75 Å². The minimum absolute atomic E-state index is 0.0714. The van der Waals surface area contributed by atoms with Gasteiger partial charge in [-0.05, 0) is 55.1 Å². The zero-order valence-corrected chi connectivity index (χ0v) is 17.2. The van der Waals surface area contributed by atoms with Crippen molar-refractivity contribution in [1.82, 2.24) is 10.6 Å². The summed E-state index contributed by atoms with van der Waals surface area (Å²) in [5.74, 6) is 0.580. The summed E-state index contributed by atoms with van der Waals surface area (Å²) in [6.07, 6.45) is -2.45. The van der Waals surface area contributed by atoms with Crippen LogP contribution in [0.2, 0.25) is 0 Å². The number of benzene rings is 2. The van der Waals surface area contributed by atoms with Crippen molar-refractivity contribution < 1.29 is 22.6 Å². The Morgan fingerprint density at radius 1 is 1.23 bits per heavy atom. The fraction of sp³-hybridized carbons (Fsp3) is 0.478. The number of halogens is 3. The predicted octanol–water partition coefficient (Wildman–Crippen LogP) is 4.59. The van der Waals surface area contributed by atoms with Crippen molar-refractivity contribution in [2.24, 2.45) is 0 Å². The molecule has 162 valence electrons. The van der Waals surface area contributed by atoms with Crippen LogP contribution in [-0.2, 0) is 23.5 Å². The molecule has 0 bridgehead atoms. The van der Waals surface area contributed by atoms with Gasteiger partial charge in [0.25, 0.3) is 0 Å². The molecule has 2 aliphatic rings. The van der Waals surface area contributed by atoms with Crippen LogP contribution < -0.4 is 15.4 Å². The van der Waals surface area contributed by atoms with E-state index in [2.05, 4.69) is 22.8 Å². The van der Waals surface area contributed by atoms with E-state index in [0.29, 0.717) is 23.4 Å². The van der Waals surface area contributed by atoms with Gasteiger partial charge in [-0.15, -0.1) is 0 Å². The van der Waals surface area contributed by atoms with E-state index in [4.69, 9.17) is 9.47 Å². The number of piperidine rings is 1. The summed E-state index contributed by atoms with van der Waals surface area (Å²) in [7, 11) is 1.54. The highest BCUT2D eigenvalue weighted by atomic mass is 19.4. The number of nitrogens with one attached hydrogen (secondary N) is 2. The Balaban J connectivity index is 1.58. The SMILES string of the molecule is COc1cc2c(cc1CN[C@H]1CCCN[C@H]1c1ccccc1)[C@@](C)(C(F)(F)F)OC2. The van der Waals surface area contributed by atoms with Gasteiger partial charge in [0.1, 0.15) is 5.75 Å². The number of hydrogen-bond acceptors (Lipinski definition) is 4. The summed E-state index contributed by atoms with van der Waals surface area (Å²) < 4.78 is 51.7. The number of rotatable bonds is 5. The van der Waals surface area contributed by atoms with Crippen LogP contribution in [0, 0.1) is 0 Å². The standard InChI is InChI=1S/C23H27F3N2O2/c1-22(23(24,25)26)18-11-16(20(29-2)12-17(18)14-30-22)13-28-19-9-6-10-27-21(19)15-7-4-3-5-8-15/h3-5,7-8,11-12,19,21,27-28H,6,9-10,13-14H2,1-2H3/t19-,21-,22-/m0/s1. The Bertz CT molecular complexity index is 888. The average molecular weight is 420 g/mol. The highest BCUT2D eigenvalue weighted by Gasteiger charge is 2.57. The molecule has 0 unspecified atom stereocenters. The van der Waals surface area contributed by atoms with E-state index in [1.54, 1.807) is 19.2 Å². The van der Waals surface area contributed by atoms with Crippen LogP contribution in [0.25, 0.3) is 0 Å². The molecule has 1 saturated heterocycles. The van der Waals surface area contributed by atoms with Crippen LogP contribution in [0.3, 0.4) is 0 Å². The molecule has 0 spiro atoms. The zero-order chi connectivity index (χ0) is 21.4. The van der Waals surface area contributed by atoms with Crippen LogP contribution in [0.5, 0.6) is 5.75 Å². The molecular formula is C23H27F3N2O2. The molecule has 1 fully saturated rings.